The molecule has 18 heavy (non-hydrogen) atoms. The summed E-state index contributed by atoms with van der Waals surface area (Å²) in [4.78, 5) is 3.95. The van der Waals surface area contributed by atoms with Crippen molar-refractivity contribution in [1.82, 2.24) is 4.98 Å². The van der Waals surface area contributed by atoms with E-state index in [1.807, 2.05) is 0 Å². The summed E-state index contributed by atoms with van der Waals surface area (Å²) < 4.78 is 19.3. The molecular weight excluding hydrogens is 322 g/mol. The molecule has 0 aliphatic carbocycles. The van der Waals surface area contributed by atoms with Gasteiger partial charge in [0.1, 0.15) is 23.2 Å². The van der Waals surface area contributed by atoms with Gasteiger partial charge in [0.05, 0.1) is 9.50 Å². The van der Waals surface area contributed by atoms with E-state index in [2.05, 4.69) is 20.9 Å². The number of aromatic nitrogens is 1. The highest BCUT2D eigenvalue weighted by Crippen LogP contribution is 2.31. The number of rotatable bonds is 2. The van der Waals surface area contributed by atoms with Crippen LogP contribution >= 0.6 is 27.5 Å². The Balaban J connectivity index is 2.41. The zero-order valence-electron chi connectivity index (χ0n) is 8.82. The maximum absolute atomic E-state index is 13.4. The van der Waals surface area contributed by atoms with Gasteiger partial charge in [0.25, 0.3) is 0 Å². The van der Waals surface area contributed by atoms with Crippen LogP contribution in [-0.4, -0.2) is 4.98 Å². The first-order chi connectivity index (χ1) is 8.61. The van der Waals surface area contributed by atoms with Crippen LogP contribution < -0.4 is 4.74 Å². The van der Waals surface area contributed by atoms with Crippen molar-refractivity contribution in [3.8, 4) is 17.7 Å². The number of ether oxygens (including phenoxy) is 1. The Morgan fingerprint density at radius 3 is 2.89 bits per heavy atom. The van der Waals surface area contributed by atoms with Crippen molar-refractivity contribution in [2.45, 2.75) is 0 Å². The highest BCUT2D eigenvalue weighted by atomic mass is 79.9. The number of nitriles is 1. The van der Waals surface area contributed by atoms with Gasteiger partial charge in [-0.15, -0.1) is 0 Å². The third-order valence-corrected chi connectivity index (χ3v) is 2.84. The van der Waals surface area contributed by atoms with E-state index in [4.69, 9.17) is 21.6 Å². The lowest BCUT2D eigenvalue weighted by Crippen LogP contribution is -1.94. The third-order valence-electron chi connectivity index (χ3n) is 2.07. The van der Waals surface area contributed by atoms with Crippen molar-refractivity contribution in [1.29, 1.82) is 5.26 Å². The van der Waals surface area contributed by atoms with Crippen LogP contribution in [0.15, 0.2) is 34.9 Å². The molecule has 0 fully saturated rings. The normalized spacial score (nSPS) is 9.89. The van der Waals surface area contributed by atoms with Crippen LogP contribution in [-0.2, 0) is 0 Å². The lowest BCUT2D eigenvalue weighted by atomic mass is 10.2. The quantitative estimate of drug-likeness (QED) is 0.826. The topological polar surface area (TPSA) is 45.9 Å². The Hall–Kier alpha value is -1.64. The molecule has 0 atom stereocenters. The summed E-state index contributed by atoms with van der Waals surface area (Å²) in [5, 5.41) is 9.31. The lowest BCUT2D eigenvalue weighted by molar-refractivity contribution is 0.453. The zero-order chi connectivity index (χ0) is 13.1. The van der Waals surface area contributed by atoms with Gasteiger partial charge in [-0.1, -0.05) is 17.7 Å². The minimum Gasteiger partial charge on any atom is -0.436 e. The Labute approximate surface area is 116 Å². The first-order valence-corrected chi connectivity index (χ1v) is 5.96. The van der Waals surface area contributed by atoms with Crippen molar-refractivity contribution in [3.63, 3.8) is 0 Å². The van der Waals surface area contributed by atoms with Crippen LogP contribution in [0.1, 0.15) is 5.56 Å². The average Bonchev–Trinajstić information content (AvgIpc) is 2.33. The SMILES string of the molecule is N#Cc1c(F)cccc1Oc1ncc(Cl)cc1Br. The Bertz CT molecular complexity index is 642. The van der Waals surface area contributed by atoms with Crippen LogP contribution in [0.3, 0.4) is 0 Å². The van der Waals surface area contributed by atoms with E-state index >= 15 is 0 Å². The van der Waals surface area contributed by atoms with Crippen LogP contribution in [0, 0.1) is 17.1 Å². The van der Waals surface area contributed by atoms with Crippen molar-refractivity contribution in [2.24, 2.45) is 0 Å². The van der Waals surface area contributed by atoms with E-state index in [1.54, 1.807) is 12.1 Å². The van der Waals surface area contributed by atoms with Gasteiger partial charge in [-0.05, 0) is 34.1 Å². The average molecular weight is 328 g/mol. The maximum Gasteiger partial charge on any atom is 0.233 e. The monoisotopic (exact) mass is 326 g/mol. The van der Waals surface area contributed by atoms with E-state index in [-0.39, 0.29) is 17.2 Å². The number of benzene rings is 1. The Morgan fingerprint density at radius 2 is 2.22 bits per heavy atom. The first kappa shape index (κ1) is 12.8. The van der Waals surface area contributed by atoms with Crippen molar-refractivity contribution in [2.75, 3.05) is 0 Å². The molecule has 90 valence electrons. The molecule has 0 unspecified atom stereocenters. The van der Waals surface area contributed by atoms with Gasteiger partial charge in [0.15, 0.2) is 0 Å². The first-order valence-electron chi connectivity index (χ1n) is 4.79. The molecule has 0 bridgehead atoms. The number of halogens is 3. The summed E-state index contributed by atoms with van der Waals surface area (Å²) in [6.45, 7) is 0. The second kappa shape index (κ2) is 5.34. The predicted molar refractivity (Wildman–Crippen MR) is 68.1 cm³/mol. The summed E-state index contributed by atoms with van der Waals surface area (Å²) in [5.74, 6) is -0.324. The van der Waals surface area contributed by atoms with E-state index in [9.17, 15) is 4.39 Å². The van der Waals surface area contributed by atoms with Crippen LogP contribution in [0.25, 0.3) is 0 Å². The molecule has 0 aliphatic heterocycles. The fraction of sp³-hybridized carbons (Fsp3) is 0. The van der Waals surface area contributed by atoms with E-state index in [0.29, 0.717) is 9.50 Å². The number of hydrogen-bond acceptors (Lipinski definition) is 3. The second-order valence-electron chi connectivity index (χ2n) is 3.27. The van der Waals surface area contributed by atoms with Gasteiger partial charge in [-0.3, -0.25) is 0 Å². The fourth-order valence-corrected chi connectivity index (χ4v) is 2.00. The molecule has 0 radical (unpaired) electrons. The third kappa shape index (κ3) is 2.61. The Morgan fingerprint density at radius 1 is 1.44 bits per heavy atom. The molecule has 1 aromatic heterocycles. The number of nitrogens with zero attached hydrogens (tertiary/aromatic N) is 2. The minimum absolute atomic E-state index is 0.105. The van der Waals surface area contributed by atoms with Gasteiger partial charge in [0.2, 0.25) is 5.88 Å². The lowest BCUT2D eigenvalue weighted by Gasteiger charge is -2.08. The van der Waals surface area contributed by atoms with Crippen LogP contribution in [0.2, 0.25) is 5.02 Å². The van der Waals surface area contributed by atoms with Crippen LogP contribution in [0.5, 0.6) is 11.6 Å². The summed E-state index contributed by atoms with van der Waals surface area (Å²) >= 11 is 8.96. The highest BCUT2D eigenvalue weighted by molar-refractivity contribution is 9.10. The van der Waals surface area contributed by atoms with Gasteiger partial charge >= 0.3 is 0 Å². The molecule has 0 saturated carbocycles. The van der Waals surface area contributed by atoms with Crippen LogP contribution in [0.4, 0.5) is 4.39 Å². The molecule has 0 amide bonds. The molecule has 6 heteroatoms. The minimum atomic E-state index is -0.639. The predicted octanol–water partition coefficient (Wildman–Crippen LogP) is 4.30. The smallest absolute Gasteiger partial charge is 0.233 e. The molecule has 2 aromatic rings. The number of pyridine rings is 1. The summed E-state index contributed by atoms with van der Waals surface area (Å²) in [5.41, 5.74) is -0.166. The van der Waals surface area contributed by atoms with Crippen molar-refractivity contribution in [3.05, 3.63) is 51.3 Å². The van der Waals surface area contributed by atoms with E-state index in [0.717, 1.165) is 0 Å². The second-order valence-corrected chi connectivity index (χ2v) is 4.56. The largest absolute Gasteiger partial charge is 0.436 e. The summed E-state index contributed by atoms with van der Waals surface area (Å²) in [7, 11) is 0. The Kier molecular flexibility index (Phi) is 3.80. The summed E-state index contributed by atoms with van der Waals surface area (Å²) in [6.07, 6.45) is 1.40. The standard InChI is InChI=1S/C12H5BrClFN2O/c13-9-4-7(14)6-17-12(9)18-11-3-1-2-10(15)8(11)5-16/h1-4,6H. The molecule has 2 rings (SSSR count). The number of hydrogen-bond donors (Lipinski definition) is 0. The maximum atomic E-state index is 13.4. The fourth-order valence-electron chi connectivity index (χ4n) is 1.28. The van der Waals surface area contributed by atoms with Crippen molar-refractivity contribution >= 4 is 27.5 Å². The molecule has 0 saturated heterocycles. The molecule has 0 spiro atoms. The molecule has 3 nitrogen and oxygen atoms in total. The van der Waals surface area contributed by atoms with Gasteiger partial charge in [0, 0.05) is 6.20 Å². The highest BCUT2D eigenvalue weighted by Gasteiger charge is 2.12. The molecule has 0 aliphatic rings. The molecule has 1 heterocycles. The van der Waals surface area contributed by atoms with E-state index in [1.165, 1.54) is 24.4 Å². The molecule has 1 aromatic carbocycles. The van der Waals surface area contributed by atoms with E-state index < -0.39 is 5.82 Å². The molecular formula is C12H5BrClFN2O. The van der Waals surface area contributed by atoms with Crippen molar-refractivity contribution < 1.29 is 9.13 Å². The zero-order valence-corrected chi connectivity index (χ0v) is 11.2. The summed E-state index contributed by atoms with van der Waals surface area (Å²) in [6, 6.07) is 7.47. The van der Waals surface area contributed by atoms with Gasteiger partial charge < -0.3 is 4.74 Å². The van der Waals surface area contributed by atoms with Gasteiger partial charge in [-0.25, -0.2) is 9.37 Å². The molecule has 0 N–H and O–H groups in total. The van der Waals surface area contributed by atoms with Gasteiger partial charge in [-0.2, -0.15) is 5.26 Å².